The molecule has 3 N–H and O–H groups in total. The van der Waals surface area contributed by atoms with Gasteiger partial charge in [-0.3, -0.25) is 0 Å². The zero-order valence-electron chi connectivity index (χ0n) is 10.8. The highest BCUT2D eigenvalue weighted by Crippen LogP contribution is 2.32. The number of hydrogen-bond acceptors (Lipinski definition) is 2. The van der Waals surface area contributed by atoms with Crippen molar-refractivity contribution in [2.45, 2.75) is 44.1 Å². The van der Waals surface area contributed by atoms with Crippen molar-refractivity contribution in [3.8, 4) is 0 Å². The molecule has 0 aromatic heterocycles. The van der Waals surface area contributed by atoms with E-state index in [-0.39, 0.29) is 6.04 Å². The van der Waals surface area contributed by atoms with E-state index in [2.05, 4.69) is 29.6 Å². The molecule has 0 amide bonds. The molecule has 0 bridgehead atoms. The topological polar surface area (TPSA) is 38.0 Å². The van der Waals surface area contributed by atoms with Gasteiger partial charge in [0.15, 0.2) is 0 Å². The molecule has 2 rings (SSSR count). The normalized spacial score (nSPS) is 19.2. The van der Waals surface area contributed by atoms with Crippen molar-refractivity contribution >= 4 is 0 Å². The van der Waals surface area contributed by atoms with E-state index in [0.29, 0.717) is 6.54 Å². The van der Waals surface area contributed by atoms with Gasteiger partial charge in [-0.25, -0.2) is 0 Å². The Kier molecular flexibility index (Phi) is 4.57. The Morgan fingerprint density at radius 3 is 2.35 bits per heavy atom. The summed E-state index contributed by atoms with van der Waals surface area (Å²) in [5.41, 5.74) is 8.55. The maximum atomic E-state index is 5.73. The van der Waals surface area contributed by atoms with Crippen molar-refractivity contribution in [1.82, 2.24) is 5.32 Å². The molecule has 0 heterocycles. The number of nitrogens with two attached hydrogens (primary N) is 1. The van der Waals surface area contributed by atoms with Crippen molar-refractivity contribution in [2.24, 2.45) is 5.73 Å². The summed E-state index contributed by atoms with van der Waals surface area (Å²) in [6.07, 6.45) is 6.95. The lowest BCUT2D eigenvalue weighted by Gasteiger charge is -2.22. The molecule has 0 aliphatic heterocycles. The van der Waals surface area contributed by atoms with Crippen molar-refractivity contribution in [1.29, 1.82) is 0 Å². The summed E-state index contributed by atoms with van der Waals surface area (Å²) in [6, 6.07) is 9.35. The summed E-state index contributed by atoms with van der Waals surface area (Å²) >= 11 is 0. The van der Waals surface area contributed by atoms with Crippen LogP contribution in [0.25, 0.3) is 0 Å². The lowest BCUT2D eigenvalue weighted by Crippen LogP contribution is -2.24. The zero-order valence-corrected chi connectivity index (χ0v) is 10.8. The molecule has 94 valence electrons. The fourth-order valence-electron chi connectivity index (χ4n) is 2.86. The Morgan fingerprint density at radius 1 is 1.18 bits per heavy atom. The lowest BCUT2D eigenvalue weighted by atomic mass is 9.84. The minimum atomic E-state index is 0.287. The Balaban J connectivity index is 2.06. The van der Waals surface area contributed by atoms with E-state index in [1.165, 1.54) is 43.2 Å². The molecule has 2 heteroatoms. The van der Waals surface area contributed by atoms with Gasteiger partial charge in [0.25, 0.3) is 0 Å². The molecule has 0 radical (unpaired) electrons. The summed E-state index contributed by atoms with van der Waals surface area (Å²) in [4.78, 5) is 0. The van der Waals surface area contributed by atoms with Gasteiger partial charge >= 0.3 is 0 Å². The standard InChI is InChI=1S/C15H24N2/c1-17-15(11-16)14-9-7-13(8-10-14)12-5-3-2-4-6-12/h7-10,12,15,17H,2-6,11,16H2,1H3. The molecule has 17 heavy (non-hydrogen) atoms. The van der Waals surface area contributed by atoms with Gasteiger partial charge in [-0.05, 0) is 36.9 Å². The minimum absolute atomic E-state index is 0.287. The van der Waals surface area contributed by atoms with Gasteiger partial charge in [0, 0.05) is 12.6 Å². The number of nitrogens with one attached hydrogen (secondary N) is 1. The van der Waals surface area contributed by atoms with Gasteiger partial charge in [0.05, 0.1) is 0 Å². The molecule has 1 aliphatic rings. The van der Waals surface area contributed by atoms with Crippen LogP contribution in [0.4, 0.5) is 0 Å². The molecule has 1 aliphatic carbocycles. The largest absolute Gasteiger partial charge is 0.329 e. The van der Waals surface area contributed by atoms with Crippen LogP contribution in [0.2, 0.25) is 0 Å². The van der Waals surface area contributed by atoms with E-state index >= 15 is 0 Å². The first-order chi connectivity index (χ1) is 8.35. The predicted molar refractivity (Wildman–Crippen MR) is 73.1 cm³/mol. The minimum Gasteiger partial charge on any atom is -0.329 e. The van der Waals surface area contributed by atoms with Crippen LogP contribution in [0.15, 0.2) is 24.3 Å². The Bertz CT molecular complexity index is 321. The highest BCUT2D eigenvalue weighted by molar-refractivity contribution is 5.27. The first-order valence-corrected chi connectivity index (χ1v) is 6.82. The van der Waals surface area contributed by atoms with Crippen LogP contribution in [0, 0.1) is 0 Å². The van der Waals surface area contributed by atoms with Crippen molar-refractivity contribution < 1.29 is 0 Å². The van der Waals surface area contributed by atoms with E-state index in [9.17, 15) is 0 Å². The average molecular weight is 232 g/mol. The number of hydrogen-bond donors (Lipinski definition) is 2. The van der Waals surface area contributed by atoms with Crippen LogP contribution in [0.3, 0.4) is 0 Å². The van der Waals surface area contributed by atoms with Crippen LogP contribution >= 0.6 is 0 Å². The summed E-state index contributed by atoms with van der Waals surface area (Å²) in [5.74, 6) is 0.795. The first kappa shape index (κ1) is 12.6. The molecule has 1 atom stereocenters. The Morgan fingerprint density at radius 2 is 1.82 bits per heavy atom. The Hall–Kier alpha value is -0.860. The summed E-state index contributed by atoms with van der Waals surface area (Å²) in [6.45, 7) is 0.652. The molecular formula is C15H24N2. The maximum absolute atomic E-state index is 5.73. The maximum Gasteiger partial charge on any atom is 0.0442 e. The summed E-state index contributed by atoms with van der Waals surface area (Å²) < 4.78 is 0. The molecule has 1 saturated carbocycles. The second-order valence-corrected chi connectivity index (χ2v) is 5.08. The lowest BCUT2D eigenvalue weighted by molar-refractivity contribution is 0.443. The zero-order chi connectivity index (χ0) is 12.1. The fourth-order valence-corrected chi connectivity index (χ4v) is 2.86. The van der Waals surface area contributed by atoms with Gasteiger partial charge in [-0.15, -0.1) is 0 Å². The number of rotatable bonds is 4. The smallest absolute Gasteiger partial charge is 0.0442 e. The third-order valence-corrected chi connectivity index (χ3v) is 4.00. The van der Waals surface area contributed by atoms with Gasteiger partial charge in [-0.2, -0.15) is 0 Å². The van der Waals surface area contributed by atoms with Gasteiger partial charge < -0.3 is 11.1 Å². The van der Waals surface area contributed by atoms with E-state index < -0.39 is 0 Å². The van der Waals surface area contributed by atoms with Crippen LogP contribution < -0.4 is 11.1 Å². The predicted octanol–water partition coefficient (Wildman–Crippen LogP) is 2.95. The van der Waals surface area contributed by atoms with E-state index in [1.807, 2.05) is 7.05 Å². The fraction of sp³-hybridized carbons (Fsp3) is 0.600. The van der Waals surface area contributed by atoms with Crippen LogP contribution in [-0.2, 0) is 0 Å². The summed E-state index contributed by atoms with van der Waals surface area (Å²) in [5, 5.41) is 3.24. The van der Waals surface area contributed by atoms with Gasteiger partial charge in [0.1, 0.15) is 0 Å². The quantitative estimate of drug-likeness (QED) is 0.837. The third kappa shape index (κ3) is 3.08. The molecular weight excluding hydrogens is 208 g/mol. The molecule has 2 nitrogen and oxygen atoms in total. The van der Waals surface area contributed by atoms with Crippen molar-refractivity contribution in [3.63, 3.8) is 0 Å². The van der Waals surface area contributed by atoms with Crippen molar-refractivity contribution in [2.75, 3.05) is 13.6 Å². The molecule has 1 aromatic rings. The first-order valence-electron chi connectivity index (χ1n) is 6.82. The van der Waals surface area contributed by atoms with E-state index in [0.717, 1.165) is 5.92 Å². The van der Waals surface area contributed by atoms with Gasteiger partial charge in [0.2, 0.25) is 0 Å². The average Bonchev–Trinajstić information content (AvgIpc) is 2.42. The molecule has 1 fully saturated rings. The second-order valence-electron chi connectivity index (χ2n) is 5.08. The second kappa shape index (κ2) is 6.18. The molecule has 1 aromatic carbocycles. The van der Waals surface area contributed by atoms with Crippen LogP contribution in [-0.4, -0.2) is 13.6 Å². The van der Waals surface area contributed by atoms with Crippen molar-refractivity contribution in [3.05, 3.63) is 35.4 Å². The third-order valence-electron chi connectivity index (χ3n) is 4.00. The highest BCUT2D eigenvalue weighted by Gasteiger charge is 2.15. The monoisotopic (exact) mass is 232 g/mol. The summed E-state index contributed by atoms with van der Waals surface area (Å²) in [7, 11) is 1.96. The number of benzene rings is 1. The Labute approximate surface area is 105 Å². The van der Waals surface area contributed by atoms with E-state index in [4.69, 9.17) is 5.73 Å². The van der Waals surface area contributed by atoms with E-state index in [1.54, 1.807) is 0 Å². The highest BCUT2D eigenvalue weighted by atomic mass is 14.9. The molecule has 1 unspecified atom stereocenters. The molecule has 0 saturated heterocycles. The van der Waals surface area contributed by atoms with Gasteiger partial charge in [-0.1, -0.05) is 43.5 Å². The molecule has 0 spiro atoms. The SMILES string of the molecule is CNC(CN)c1ccc(C2CCCCC2)cc1. The van der Waals surface area contributed by atoms with Crippen LogP contribution in [0.1, 0.15) is 55.2 Å². The van der Waals surface area contributed by atoms with Crippen LogP contribution in [0.5, 0.6) is 0 Å². The number of likely N-dealkylation sites (N-methyl/N-ethyl adjacent to an activating group) is 1.